The second kappa shape index (κ2) is 7.67. The van der Waals surface area contributed by atoms with Crippen LogP contribution in [0.5, 0.6) is 5.75 Å². The summed E-state index contributed by atoms with van der Waals surface area (Å²) in [7, 11) is 0. The van der Waals surface area contributed by atoms with E-state index < -0.39 is 35.1 Å². The van der Waals surface area contributed by atoms with E-state index in [2.05, 4.69) is 10.0 Å². The van der Waals surface area contributed by atoms with Crippen molar-refractivity contribution in [2.24, 2.45) is 0 Å². The van der Waals surface area contributed by atoms with Crippen molar-refractivity contribution in [1.29, 1.82) is 0 Å². The molecule has 1 amide bonds. The van der Waals surface area contributed by atoms with Crippen LogP contribution in [0.25, 0.3) is 5.57 Å². The Labute approximate surface area is 150 Å². The largest absolute Gasteiger partial charge is 0.506 e. The molecule has 2 aliphatic rings. The van der Waals surface area contributed by atoms with Crippen LogP contribution in [-0.4, -0.2) is 40.8 Å². The lowest BCUT2D eigenvalue weighted by atomic mass is 10.0. The molecule has 10 heteroatoms. The molecule has 1 aromatic carbocycles. The van der Waals surface area contributed by atoms with E-state index in [-0.39, 0.29) is 30.3 Å². The summed E-state index contributed by atoms with van der Waals surface area (Å²) in [4.78, 5) is 11.4. The molecule has 6 nitrogen and oxygen atoms in total. The number of carbonyl (C=O) groups excluding carboxylic acids is 1. The number of benzene rings is 1. The molecule has 0 bridgehead atoms. The number of amides is 1. The maximum Gasteiger partial charge on any atom is 0.253 e. The van der Waals surface area contributed by atoms with Gasteiger partial charge in [-0.15, -0.1) is 0 Å². The Balaban J connectivity index is 1.82. The summed E-state index contributed by atoms with van der Waals surface area (Å²) in [6.45, 7) is 0.0227. The number of phenols is 1. The fraction of sp³-hybridized carbons (Fsp3) is 0.438. The normalized spacial score (nSPS) is 22.8. The molecule has 2 aliphatic heterocycles. The predicted molar refractivity (Wildman–Crippen MR) is 91.3 cm³/mol. The molecule has 2 heterocycles. The van der Waals surface area contributed by atoms with Crippen LogP contribution in [0.1, 0.15) is 24.8 Å². The van der Waals surface area contributed by atoms with Crippen molar-refractivity contribution in [2.75, 3.05) is 17.4 Å². The zero-order valence-electron chi connectivity index (χ0n) is 13.7. The maximum atomic E-state index is 15.0. The van der Waals surface area contributed by atoms with E-state index in [0.29, 0.717) is 25.0 Å². The third-order valence-electron chi connectivity index (χ3n) is 4.27. The molecule has 0 aliphatic carbocycles. The summed E-state index contributed by atoms with van der Waals surface area (Å²) in [5.41, 5.74) is 0.523. The molecule has 26 heavy (non-hydrogen) atoms. The lowest BCUT2D eigenvalue weighted by Crippen LogP contribution is -2.24. The standard InChI is InChI=1S/C16H18F3N3O3S/c17-13(18)3-1-2-10-6-9(7-20-10)11-4-5-12(23)16(15(11)19)22-8-14(24)21-26(22)25/h4-6,10,13,20,23H,1-3,7-8H2,(H,21,24)/t10-,26?/m0/s1. The number of alkyl halides is 2. The average Bonchev–Trinajstić information content (AvgIpc) is 3.14. The molecule has 0 aromatic heterocycles. The molecule has 0 spiro atoms. The molecule has 1 saturated heterocycles. The zero-order valence-corrected chi connectivity index (χ0v) is 14.5. The zero-order chi connectivity index (χ0) is 18.8. The minimum atomic E-state index is -2.34. The molecule has 0 saturated carbocycles. The highest BCUT2D eigenvalue weighted by atomic mass is 32.2. The Morgan fingerprint density at radius 2 is 2.15 bits per heavy atom. The van der Waals surface area contributed by atoms with Crippen LogP contribution in [0.4, 0.5) is 18.9 Å². The van der Waals surface area contributed by atoms with Gasteiger partial charge in [-0.05, 0) is 30.5 Å². The monoisotopic (exact) mass is 389 g/mol. The number of halogens is 3. The molecule has 3 rings (SSSR count). The second-order valence-electron chi connectivity index (χ2n) is 6.11. The van der Waals surface area contributed by atoms with Crippen molar-refractivity contribution < 1.29 is 27.3 Å². The van der Waals surface area contributed by atoms with Gasteiger partial charge in [0.25, 0.3) is 5.91 Å². The van der Waals surface area contributed by atoms with Gasteiger partial charge in [0.15, 0.2) is 5.82 Å². The van der Waals surface area contributed by atoms with Crippen molar-refractivity contribution in [2.45, 2.75) is 31.7 Å². The molecule has 142 valence electrons. The number of nitrogens with zero attached hydrogens (tertiary/aromatic N) is 1. The molecular weight excluding hydrogens is 371 g/mol. The number of aromatic hydroxyl groups is 1. The number of hydrogen-bond acceptors (Lipinski definition) is 4. The van der Waals surface area contributed by atoms with Crippen LogP contribution < -0.4 is 14.3 Å². The Morgan fingerprint density at radius 3 is 2.81 bits per heavy atom. The minimum absolute atomic E-state index is 0.135. The summed E-state index contributed by atoms with van der Waals surface area (Å²) in [5, 5.41) is 13.1. The third kappa shape index (κ3) is 3.85. The quantitative estimate of drug-likeness (QED) is 0.694. The molecule has 1 unspecified atom stereocenters. The topological polar surface area (TPSA) is 81.7 Å². The van der Waals surface area contributed by atoms with E-state index in [4.69, 9.17) is 0 Å². The maximum absolute atomic E-state index is 15.0. The third-order valence-corrected chi connectivity index (χ3v) is 5.39. The van der Waals surface area contributed by atoms with Gasteiger partial charge >= 0.3 is 0 Å². The summed E-state index contributed by atoms with van der Waals surface area (Å²) in [5.74, 6) is -1.74. The number of rotatable bonds is 6. The Bertz CT molecular complexity index is 773. The smallest absolute Gasteiger partial charge is 0.253 e. The van der Waals surface area contributed by atoms with Gasteiger partial charge in [0.2, 0.25) is 17.6 Å². The Kier molecular flexibility index (Phi) is 5.52. The summed E-state index contributed by atoms with van der Waals surface area (Å²) in [6.07, 6.45) is 0.114. The van der Waals surface area contributed by atoms with Gasteiger partial charge < -0.3 is 10.4 Å². The van der Waals surface area contributed by atoms with Gasteiger partial charge in [-0.25, -0.2) is 17.4 Å². The van der Waals surface area contributed by atoms with Gasteiger partial charge in [0.1, 0.15) is 18.0 Å². The van der Waals surface area contributed by atoms with E-state index in [1.165, 1.54) is 12.1 Å². The lowest BCUT2D eigenvalue weighted by molar-refractivity contribution is -0.117. The summed E-state index contributed by atoms with van der Waals surface area (Å²) >= 11 is -1.96. The Hall–Kier alpha value is -2.07. The van der Waals surface area contributed by atoms with E-state index in [0.717, 1.165) is 4.31 Å². The number of nitrogens with one attached hydrogen (secondary N) is 2. The molecule has 3 N–H and O–H groups in total. The van der Waals surface area contributed by atoms with Gasteiger partial charge in [-0.3, -0.25) is 13.8 Å². The highest BCUT2D eigenvalue weighted by Gasteiger charge is 2.33. The highest BCUT2D eigenvalue weighted by molar-refractivity contribution is 7.85. The summed E-state index contributed by atoms with van der Waals surface area (Å²) in [6, 6.07) is 2.54. The van der Waals surface area contributed by atoms with Crippen molar-refractivity contribution in [3.05, 3.63) is 29.6 Å². The fourth-order valence-corrected chi connectivity index (χ4v) is 3.98. The molecular formula is C16H18F3N3O3S. The highest BCUT2D eigenvalue weighted by Crippen LogP contribution is 2.37. The number of carbonyl (C=O) groups is 1. The van der Waals surface area contributed by atoms with E-state index >= 15 is 0 Å². The van der Waals surface area contributed by atoms with Crippen molar-refractivity contribution in [1.82, 2.24) is 10.0 Å². The van der Waals surface area contributed by atoms with Gasteiger partial charge in [-0.1, -0.05) is 6.08 Å². The van der Waals surface area contributed by atoms with Gasteiger partial charge in [0, 0.05) is 24.6 Å². The first-order valence-corrected chi connectivity index (χ1v) is 9.20. The van der Waals surface area contributed by atoms with Crippen LogP contribution in [0.3, 0.4) is 0 Å². The SMILES string of the molecule is O=C1CN(c2c(O)ccc(C3=C[C@H](CCCC(F)F)NC3)c2F)S(=O)N1. The van der Waals surface area contributed by atoms with Crippen molar-refractivity contribution in [3.8, 4) is 5.75 Å². The van der Waals surface area contributed by atoms with Crippen LogP contribution in [0.2, 0.25) is 0 Å². The van der Waals surface area contributed by atoms with Crippen molar-refractivity contribution >= 4 is 28.3 Å². The fourth-order valence-electron chi connectivity index (χ4n) is 3.04. The first-order chi connectivity index (χ1) is 12.4. The van der Waals surface area contributed by atoms with Crippen LogP contribution in [0, 0.1) is 5.82 Å². The van der Waals surface area contributed by atoms with Gasteiger partial charge in [-0.2, -0.15) is 0 Å². The van der Waals surface area contributed by atoms with E-state index in [1.807, 2.05) is 0 Å². The predicted octanol–water partition coefficient (Wildman–Crippen LogP) is 1.84. The average molecular weight is 389 g/mol. The van der Waals surface area contributed by atoms with Crippen molar-refractivity contribution in [3.63, 3.8) is 0 Å². The lowest BCUT2D eigenvalue weighted by Gasteiger charge is -2.18. The number of hydrogen-bond donors (Lipinski definition) is 3. The van der Waals surface area contributed by atoms with Crippen LogP contribution >= 0.6 is 0 Å². The minimum Gasteiger partial charge on any atom is -0.506 e. The van der Waals surface area contributed by atoms with Crippen LogP contribution in [-0.2, 0) is 16.0 Å². The molecule has 1 aromatic rings. The van der Waals surface area contributed by atoms with E-state index in [1.54, 1.807) is 6.08 Å². The number of phenolic OH excluding ortho intramolecular Hbond substituents is 1. The Morgan fingerprint density at radius 1 is 1.38 bits per heavy atom. The second-order valence-corrected chi connectivity index (χ2v) is 7.25. The molecule has 2 atom stereocenters. The first kappa shape index (κ1) is 18.7. The molecule has 0 radical (unpaired) electrons. The number of anilines is 1. The van der Waals surface area contributed by atoms with Crippen LogP contribution in [0.15, 0.2) is 18.2 Å². The van der Waals surface area contributed by atoms with E-state index in [9.17, 15) is 27.3 Å². The first-order valence-electron chi connectivity index (χ1n) is 8.09. The van der Waals surface area contributed by atoms with Gasteiger partial charge in [0.05, 0.1) is 0 Å². The summed E-state index contributed by atoms with van der Waals surface area (Å²) < 4.78 is 54.4. The molecule has 1 fully saturated rings.